The van der Waals surface area contributed by atoms with Gasteiger partial charge in [-0.2, -0.15) is 0 Å². The SMILES string of the molecule is O=C(O)CN1C(=O)/C(=C/c2ccc3ncccc3c2)SC1=S. The number of amides is 1. The molecule has 1 aromatic carbocycles. The van der Waals surface area contributed by atoms with Crippen LogP contribution in [0, 0.1) is 0 Å². The predicted octanol–water partition coefficient (Wildman–Crippen LogP) is 2.52. The molecule has 2 heterocycles. The predicted molar refractivity (Wildman–Crippen MR) is 89.3 cm³/mol. The maximum absolute atomic E-state index is 12.2. The number of fused-ring (bicyclic) bond motifs is 1. The molecule has 7 heteroatoms. The van der Waals surface area contributed by atoms with E-state index in [0.717, 1.165) is 33.1 Å². The van der Waals surface area contributed by atoms with E-state index >= 15 is 0 Å². The molecule has 0 aliphatic carbocycles. The Morgan fingerprint density at radius 1 is 1.41 bits per heavy atom. The Balaban J connectivity index is 1.92. The lowest BCUT2D eigenvalue weighted by atomic mass is 10.1. The molecule has 3 rings (SSSR count). The van der Waals surface area contributed by atoms with Crippen LogP contribution >= 0.6 is 24.0 Å². The summed E-state index contributed by atoms with van der Waals surface area (Å²) in [6, 6.07) is 9.44. The van der Waals surface area contributed by atoms with Gasteiger partial charge in [0, 0.05) is 11.6 Å². The van der Waals surface area contributed by atoms with Crippen molar-refractivity contribution in [2.24, 2.45) is 0 Å². The van der Waals surface area contributed by atoms with Crippen LogP contribution in [-0.2, 0) is 9.59 Å². The minimum Gasteiger partial charge on any atom is -0.480 e. The third kappa shape index (κ3) is 2.86. The summed E-state index contributed by atoms with van der Waals surface area (Å²) in [6.07, 6.45) is 3.44. The van der Waals surface area contributed by atoms with Gasteiger partial charge < -0.3 is 5.11 Å². The maximum atomic E-state index is 12.2. The number of carboxylic acids is 1. The number of aliphatic carboxylic acids is 1. The van der Waals surface area contributed by atoms with Crippen molar-refractivity contribution in [1.29, 1.82) is 0 Å². The van der Waals surface area contributed by atoms with Crippen LogP contribution in [-0.4, -0.2) is 37.7 Å². The average molecular weight is 330 g/mol. The first kappa shape index (κ1) is 14.7. The van der Waals surface area contributed by atoms with E-state index in [4.69, 9.17) is 17.3 Å². The number of carbonyl (C=O) groups excluding carboxylic acids is 1. The third-order valence-electron chi connectivity index (χ3n) is 3.09. The maximum Gasteiger partial charge on any atom is 0.323 e. The van der Waals surface area contributed by atoms with E-state index in [1.54, 1.807) is 12.3 Å². The van der Waals surface area contributed by atoms with Gasteiger partial charge in [-0.15, -0.1) is 0 Å². The molecule has 1 amide bonds. The van der Waals surface area contributed by atoms with Gasteiger partial charge in [0.25, 0.3) is 5.91 Å². The normalized spacial score (nSPS) is 16.7. The van der Waals surface area contributed by atoms with E-state index in [-0.39, 0.29) is 10.2 Å². The van der Waals surface area contributed by atoms with Crippen LogP contribution in [0.1, 0.15) is 5.56 Å². The molecule has 2 aromatic rings. The first-order valence-electron chi connectivity index (χ1n) is 6.36. The van der Waals surface area contributed by atoms with Crippen molar-refractivity contribution < 1.29 is 14.7 Å². The molecule has 1 N–H and O–H groups in total. The number of rotatable bonds is 3. The van der Waals surface area contributed by atoms with E-state index in [2.05, 4.69) is 4.98 Å². The quantitative estimate of drug-likeness (QED) is 0.689. The fraction of sp³-hybridized carbons (Fsp3) is 0.0667. The van der Waals surface area contributed by atoms with Crippen molar-refractivity contribution in [2.75, 3.05) is 6.54 Å². The molecular formula is C15H10N2O3S2. The Kier molecular flexibility index (Phi) is 3.91. The van der Waals surface area contributed by atoms with Crippen molar-refractivity contribution in [3.8, 4) is 0 Å². The second-order valence-electron chi connectivity index (χ2n) is 4.62. The number of carboxylic acid groups (broad SMARTS) is 1. The molecule has 1 aliphatic rings. The van der Waals surface area contributed by atoms with Crippen LogP contribution < -0.4 is 0 Å². The van der Waals surface area contributed by atoms with Crippen LogP contribution in [0.25, 0.3) is 17.0 Å². The Morgan fingerprint density at radius 3 is 3.00 bits per heavy atom. The van der Waals surface area contributed by atoms with Crippen LogP contribution in [0.2, 0.25) is 0 Å². The van der Waals surface area contributed by atoms with E-state index in [1.807, 2.05) is 30.3 Å². The van der Waals surface area contributed by atoms with Crippen LogP contribution in [0.3, 0.4) is 0 Å². The van der Waals surface area contributed by atoms with Gasteiger partial charge in [0.15, 0.2) is 0 Å². The van der Waals surface area contributed by atoms with Crippen LogP contribution in [0.5, 0.6) is 0 Å². The van der Waals surface area contributed by atoms with Crippen molar-refractivity contribution in [3.05, 3.63) is 47.0 Å². The summed E-state index contributed by atoms with van der Waals surface area (Å²) in [5.74, 6) is -1.46. The molecule has 1 fully saturated rings. The highest BCUT2D eigenvalue weighted by atomic mass is 32.2. The Labute approximate surface area is 135 Å². The summed E-state index contributed by atoms with van der Waals surface area (Å²) < 4.78 is 0.265. The summed E-state index contributed by atoms with van der Waals surface area (Å²) in [7, 11) is 0. The number of benzene rings is 1. The molecule has 0 unspecified atom stereocenters. The van der Waals surface area contributed by atoms with E-state index < -0.39 is 12.5 Å². The van der Waals surface area contributed by atoms with Gasteiger partial charge in [-0.05, 0) is 29.8 Å². The first-order valence-corrected chi connectivity index (χ1v) is 7.59. The molecule has 110 valence electrons. The van der Waals surface area contributed by atoms with Crippen molar-refractivity contribution >= 4 is 57.2 Å². The fourth-order valence-corrected chi connectivity index (χ4v) is 3.36. The zero-order chi connectivity index (χ0) is 15.7. The minimum atomic E-state index is -1.09. The van der Waals surface area contributed by atoms with Gasteiger partial charge in [0.2, 0.25) is 0 Å². The lowest BCUT2D eigenvalue weighted by Crippen LogP contribution is -2.33. The average Bonchev–Trinajstić information content (AvgIpc) is 2.74. The number of hydrogen-bond acceptors (Lipinski definition) is 5. The van der Waals surface area contributed by atoms with E-state index in [9.17, 15) is 9.59 Å². The minimum absolute atomic E-state index is 0.265. The number of thioether (sulfide) groups is 1. The van der Waals surface area contributed by atoms with Crippen molar-refractivity contribution in [3.63, 3.8) is 0 Å². The third-order valence-corrected chi connectivity index (χ3v) is 4.47. The number of hydrogen-bond donors (Lipinski definition) is 1. The highest BCUT2D eigenvalue weighted by molar-refractivity contribution is 8.26. The summed E-state index contributed by atoms with van der Waals surface area (Å²) in [4.78, 5) is 28.7. The van der Waals surface area contributed by atoms with Gasteiger partial charge in [0.05, 0.1) is 10.4 Å². The van der Waals surface area contributed by atoms with Gasteiger partial charge in [-0.25, -0.2) is 0 Å². The number of pyridine rings is 1. The van der Waals surface area contributed by atoms with Gasteiger partial charge in [-0.3, -0.25) is 19.5 Å². The molecule has 0 atom stereocenters. The molecule has 0 saturated carbocycles. The standard InChI is InChI=1S/C15H10N2O3S2/c18-13(19)8-17-14(20)12(22-15(17)21)7-9-3-4-11-10(6-9)2-1-5-16-11/h1-7H,8H2,(H,18,19)/b12-7-. The molecule has 0 spiro atoms. The molecule has 0 bridgehead atoms. The molecular weight excluding hydrogens is 320 g/mol. The fourth-order valence-electron chi connectivity index (χ4n) is 2.11. The lowest BCUT2D eigenvalue weighted by molar-refractivity contribution is -0.140. The van der Waals surface area contributed by atoms with Crippen molar-refractivity contribution in [2.45, 2.75) is 0 Å². The largest absolute Gasteiger partial charge is 0.480 e. The Morgan fingerprint density at radius 2 is 2.23 bits per heavy atom. The molecule has 0 radical (unpaired) electrons. The van der Waals surface area contributed by atoms with E-state index in [1.165, 1.54) is 0 Å². The van der Waals surface area contributed by atoms with Gasteiger partial charge in [-0.1, -0.05) is 36.1 Å². The van der Waals surface area contributed by atoms with E-state index in [0.29, 0.717) is 4.91 Å². The topological polar surface area (TPSA) is 70.5 Å². The van der Waals surface area contributed by atoms with Gasteiger partial charge >= 0.3 is 5.97 Å². The number of aromatic nitrogens is 1. The Hall–Kier alpha value is -2.25. The van der Waals surface area contributed by atoms with Gasteiger partial charge in [0.1, 0.15) is 10.9 Å². The van der Waals surface area contributed by atoms with Crippen LogP contribution in [0.15, 0.2) is 41.4 Å². The van der Waals surface area contributed by atoms with Crippen LogP contribution in [0.4, 0.5) is 0 Å². The van der Waals surface area contributed by atoms with Crippen molar-refractivity contribution in [1.82, 2.24) is 9.88 Å². The number of thiocarbonyl (C=S) groups is 1. The highest BCUT2D eigenvalue weighted by Gasteiger charge is 2.33. The highest BCUT2D eigenvalue weighted by Crippen LogP contribution is 2.32. The smallest absolute Gasteiger partial charge is 0.323 e. The number of nitrogens with zero attached hydrogens (tertiary/aromatic N) is 2. The monoisotopic (exact) mass is 330 g/mol. The number of carbonyl (C=O) groups is 2. The molecule has 22 heavy (non-hydrogen) atoms. The summed E-state index contributed by atoms with van der Waals surface area (Å²) in [6.45, 7) is -0.413. The summed E-state index contributed by atoms with van der Waals surface area (Å²) in [5.41, 5.74) is 1.72. The Bertz CT molecular complexity index is 832. The second-order valence-corrected chi connectivity index (χ2v) is 6.29. The summed E-state index contributed by atoms with van der Waals surface area (Å²) in [5, 5.41) is 9.78. The second kappa shape index (κ2) is 5.86. The lowest BCUT2D eigenvalue weighted by Gasteiger charge is -2.10. The molecule has 1 aromatic heterocycles. The molecule has 5 nitrogen and oxygen atoms in total. The summed E-state index contributed by atoms with van der Waals surface area (Å²) >= 11 is 6.17. The first-order chi connectivity index (χ1) is 10.5. The zero-order valence-electron chi connectivity index (χ0n) is 11.2. The zero-order valence-corrected chi connectivity index (χ0v) is 12.9. The molecule has 1 aliphatic heterocycles. The molecule has 1 saturated heterocycles.